The van der Waals surface area contributed by atoms with Gasteiger partial charge in [0.2, 0.25) is 0 Å². The van der Waals surface area contributed by atoms with E-state index in [4.69, 9.17) is 19.8 Å². The van der Waals surface area contributed by atoms with Gasteiger partial charge in [-0.3, -0.25) is 0 Å². The van der Waals surface area contributed by atoms with Gasteiger partial charge in [-0.15, -0.1) is 0 Å². The molecule has 4 nitrogen and oxygen atoms in total. The number of carboxylic acid groups (broad SMARTS) is 2. The van der Waals surface area contributed by atoms with E-state index in [1.165, 1.54) is 0 Å². The fourth-order valence-corrected chi connectivity index (χ4v) is 0. The van der Waals surface area contributed by atoms with Crippen LogP contribution in [0, 0.1) is 0 Å². The Labute approximate surface area is 98.3 Å². The Morgan fingerprint density at radius 3 is 1.12 bits per heavy atom. The van der Waals surface area contributed by atoms with Gasteiger partial charge < -0.3 is 19.8 Å². The van der Waals surface area contributed by atoms with Crippen molar-refractivity contribution in [3.05, 3.63) is 0 Å². The zero-order valence-electron chi connectivity index (χ0n) is 3.97. The molecule has 0 aromatic rings. The molecule has 0 bridgehead atoms. The van der Waals surface area contributed by atoms with Crippen LogP contribution in [0.5, 0.6) is 0 Å². The molecule has 41 valence electrons. The van der Waals surface area contributed by atoms with Crippen LogP contribution < -0.4 is 61.6 Å². The van der Waals surface area contributed by atoms with Gasteiger partial charge in [0.15, 0.2) is 0 Å². The van der Waals surface area contributed by atoms with Crippen molar-refractivity contribution in [3.63, 3.8) is 0 Å². The first-order valence-corrected chi connectivity index (χ1v) is 1.07. The summed E-state index contributed by atoms with van der Waals surface area (Å²) in [6, 6.07) is 0. The SMILES string of the molecule is O=C([O-])C(=O)[O-].[Co+2].[K+]. The molecule has 0 atom stereocenters. The van der Waals surface area contributed by atoms with Crippen LogP contribution in [0.4, 0.5) is 0 Å². The molecule has 8 heavy (non-hydrogen) atoms. The van der Waals surface area contributed by atoms with Crippen molar-refractivity contribution < 1.29 is 88.0 Å². The van der Waals surface area contributed by atoms with Crippen molar-refractivity contribution in [1.82, 2.24) is 0 Å². The van der Waals surface area contributed by atoms with Gasteiger partial charge in [-0.05, 0) is 0 Å². The van der Waals surface area contributed by atoms with Gasteiger partial charge in [-0.2, -0.15) is 0 Å². The van der Waals surface area contributed by atoms with Gasteiger partial charge in [-0.25, -0.2) is 0 Å². The van der Waals surface area contributed by atoms with Crippen LogP contribution in [0.2, 0.25) is 0 Å². The third-order valence-corrected chi connectivity index (χ3v) is 0.167. The van der Waals surface area contributed by atoms with Crippen LogP contribution in [0.1, 0.15) is 0 Å². The fraction of sp³-hybridized carbons (Fsp3) is 0. The topological polar surface area (TPSA) is 80.3 Å². The number of hydrogen-bond acceptors (Lipinski definition) is 4. The van der Waals surface area contributed by atoms with E-state index in [1.54, 1.807) is 0 Å². The van der Waals surface area contributed by atoms with Crippen molar-refractivity contribution in [3.8, 4) is 0 Å². The molecular weight excluding hydrogens is 186 g/mol. The zero-order chi connectivity index (χ0) is 5.15. The molecule has 0 aliphatic rings. The van der Waals surface area contributed by atoms with Crippen LogP contribution in [-0.4, -0.2) is 11.9 Å². The summed E-state index contributed by atoms with van der Waals surface area (Å²) in [5, 5.41) is 17.9. The third kappa shape index (κ3) is 10.1. The molecule has 0 aliphatic heterocycles. The summed E-state index contributed by atoms with van der Waals surface area (Å²) >= 11 is 0. The number of aliphatic carboxylic acids is 2. The number of hydrogen-bond donors (Lipinski definition) is 0. The Bertz CT molecular complexity index is 80.0. The average molecular weight is 186 g/mol. The fourth-order valence-electron chi connectivity index (χ4n) is 0. The van der Waals surface area contributed by atoms with E-state index in [0.29, 0.717) is 0 Å². The number of carbonyl (C=O) groups excluding carboxylic acids is 2. The summed E-state index contributed by atoms with van der Waals surface area (Å²) in [5.41, 5.74) is 0. The zero-order valence-corrected chi connectivity index (χ0v) is 8.13. The molecule has 0 saturated carbocycles. The minimum absolute atomic E-state index is 0. The van der Waals surface area contributed by atoms with Gasteiger partial charge >= 0.3 is 68.2 Å². The van der Waals surface area contributed by atoms with Crippen LogP contribution in [-0.2, 0) is 26.4 Å². The predicted octanol–water partition coefficient (Wildman–Crippen LogP) is -6.51. The van der Waals surface area contributed by atoms with Gasteiger partial charge in [0.25, 0.3) is 0 Å². The molecule has 0 spiro atoms. The van der Waals surface area contributed by atoms with E-state index in [9.17, 15) is 0 Å². The second-order valence-corrected chi connectivity index (χ2v) is 0.575. The Morgan fingerprint density at radius 2 is 1.12 bits per heavy atom. The second-order valence-electron chi connectivity index (χ2n) is 0.575. The maximum atomic E-state index is 8.93. The average Bonchev–Trinajstić information content (AvgIpc) is 1.36. The van der Waals surface area contributed by atoms with E-state index in [1.807, 2.05) is 0 Å². The van der Waals surface area contributed by atoms with Gasteiger partial charge in [-0.1, -0.05) is 0 Å². The molecule has 0 aliphatic carbocycles. The number of carbonyl (C=O) groups is 2. The molecule has 0 heterocycles. The molecule has 1 radical (unpaired) electrons. The minimum atomic E-state index is -2.19. The van der Waals surface area contributed by atoms with E-state index in [2.05, 4.69) is 0 Å². The first-order chi connectivity index (χ1) is 2.64. The third-order valence-electron chi connectivity index (χ3n) is 0.167. The summed E-state index contributed by atoms with van der Waals surface area (Å²) in [6.45, 7) is 0. The molecule has 0 N–H and O–H groups in total. The van der Waals surface area contributed by atoms with E-state index < -0.39 is 11.9 Å². The Morgan fingerprint density at radius 1 is 1.00 bits per heavy atom. The molecule has 0 saturated heterocycles. The molecule has 6 heteroatoms. The van der Waals surface area contributed by atoms with Crippen molar-refractivity contribution >= 4 is 11.9 Å². The normalized spacial score (nSPS) is 5.50. The summed E-state index contributed by atoms with van der Waals surface area (Å²) in [5.74, 6) is -4.37. The number of rotatable bonds is 0. The van der Waals surface area contributed by atoms with Crippen LogP contribution in [0.3, 0.4) is 0 Å². The van der Waals surface area contributed by atoms with E-state index >= 15 is 0 Å². The van der Waals surface area contributed by atoms with Gasteiger partial charge in [0.1, 0.15) is 0 Å². The first kappa shape index (κ1) is 16.0. The quantitative estimate of drug-likeness (QED) is 0.278. The molecule has 0 aromatic carbocycles. The van der Waals surface area contributed by atoms with Crippen LogP contribution >= 0.6 is 0 Å². The maximum Gasteiger partial charge on any atom is 2.00 e. The summed E-state index contributed by atoms with van der Waals surface area (Å²) in [4.78, 5) is 17.9. The van der Waals surface area contributed by atoms with Crippen LogP contribution in [0.25, 0.3) is 0 Å². The van der Waals surface area contributed by atoms with Crippen molar-refractivity contribution in [2.24, 2.45) is 0 Å². The predicted molar refractivity (Wildman–Crippen MR) is 10.0 cm³/mol. The largest absolute Gasteiger partial charge is 2.00 e. The van der Waals surface area contributed by atoms with Crippen molar-refractivity contribution in [1.29, 1.82) is 0 Å². The molecular formula is C2CoKO4+. The van der Waals surface area contributed by atoms with Gasteiger partial charge in [0, 0.05) is 0 Å². The van der Waals surface area contributed by atoms with Crippen molar-refractivity contribution in [2.45, 2.75) is 0 Å². The van der Waals surface area contributed by atoms with Crippen LogP contribution in [0.15, 0.2) is 0 Å². The Kier molecular flexibility index (Phi) is 16.2. The molecule has 0 rings (SSSR count). The molecule has 0 aromatic heterocycles. The Hall–Kier alpha value is 1.08. The molecule has 0 amide bonds. The monoisotopic (exact) mass is 186 g/mol. The smallest absolute Gasteiger partial charge is 0.543 e. The summed E-state index contributed by atoms with van der Waals surface area (Å²) in [7, 11) is 0. The summed E-state index contributed by atoms with van der Waals surface area (Å²) < 4.78 is 0. The first-order valence-electron chi connectivity index (χ1n) is 1.07. The maximum absolute atomic E-state index is 8.93. The minimum Gasteiger partial charge on any atom is -0.543 e. The van der Waals surface area contributed by atoms with E-state index in [-0.39, 0.29) is 68.2 Å². The van der Waals surface area contributed by atoms with Crippen molar-refractivity contribution in [2.75, 3.05) is 0 Å². The molecule has 0 unspecified atom stereocenters. The number of carboxylic acids is 2. The van der Waals surface area contributed by atoms with E-state index in [0.717, 1.165) is 0 Å². The summed E-state index contributed by atoms with van der Waals surface area (Å²) in [6.07, 6.45) is 0. The molecule has 0 fully saturated rings. The Balaban J connectivity index is -0.000000125. The standard InChI is InChI=1S/C2H2O4.Co.K/c3-1(4)2(5)6;;/h(H,3,4)(H,5,6);;/q;+2;+1/p-2. The van der Waals surface area contributed by atoms with Gasteiger partial charge in [0.05, 0.1) is 11.9 Å². The second kappa shape index (κ2) is 8.08.